The van der Waals surface area contributed by atoms with Gasteiger partial charge >= 0.3 is 0 Å². The van der Waals surface area contributed by atoms with Gasteiger partial charge in [0, 0.05) is 35.6 Å². The molecule has 172 valence electrons. The van der Waals surface area contributed by atoms with Gasteiger partial charge in [0.2, 0.25) is 11.8 Å². The Morgan fingerprint density at radius 1 is 1.03 bits per heavy atom. The minimum atomic E-state index is -0.505. The fraction of sp³-hybridized carbons (Fsp3) is 0.304. The highest BCUT2D eigenvalue weighted by atomic mass is 16.2. The molecule has 2 aromatic heterocycles. The Bertz CT molecular complexity index is 1200. The summed E-state index contributed by atoms with van der Waals surface area (Å²) in [4.78, 5) is 45.1. The number of hydrogen-bond donors (Lipinski definition) is 3. The number of aryl methyl sites for hydroxylation is 3. The topological polar surface area (TPSA) is 145 Å². The van der Waals surface area contributed by atoms with Gasteiger partial charge in [-0.15, -0.1) is 0 Å². The first kappa shape index (κ1) is 23.6. The summed E-state index contributed by atoms with van der Waals surface area (Å²) in [5.74, 6) is -0.745. The number of carbonyl (C=O) groups is 3. The molecule has 0 atom stereocenters. The molecule has 1 aromatic carbocycles. The number of aromatic nitrogens is 4. The van der Waals surface area contributed by atoms with Crippen LogP contribution in [0.2, 0.25) is 0 Å². The lowest BCUT2D eigenvalue weighted by atomic mass is 10.1. The van der Waals surface area contributed by atoms with Crippen molar-refractivity contribution in [2.75, 3.05) is 11.9 Å². The molecule has 0 spiro atoms. The molecule has 0 aliphatic carbocycles. The third kappa shape index (κ3) is 5.79. The maximum absolute atomic E-state index is 12.8. The van der Waals surface area contributed by atoms with Crippen LogP contribution in [0.5, 0.6) is 0 Å². The fourth-order valence-electron chi connectivity index (χ4n) is 3.47. The van der Waals surface area contributed by atoms with Crippen LogP contribution in [0, 0.1) is 27.7 Å². The third-order valence-corrected chi connectivity index (χ3v) is 5.04. The average molecular weight is 450 g/mol. The van der Waals surface area contributed by atoms with Gasteiger partial charge in [-0.2, -0.15) is 5.10 Å². The van der Waals surface area contributed by atoms with E-state index in [0.717, 1.165) is 22.6 Å². The first-order valence-electron chi connectivity index (χ1n) is 10.5. The lowest BCUT2D eigenvalue weighted by Gasteiger charge is -2.11. The number of amides is 3. The van der Waals surface area contributed by atoms with Gasteiger partial charge in [0.05, 0.1) is 23.4 Å². The van der Waals surface area contributed by atoms with Gasteiger partial charge in [-0.3, -0.25) is 14.4 Å². The second-order valence-electron chi connectivity index (χ2n) is 7.75. The first-order chi connectivity index (χ1) is 15.7. The van der Waals surface area contributed by atoms with Crippen LogP contribution in [0.15, 0.2) is 30.3 Å². The Hall–Kier alpha value is -4.08. The van der Waals surface area contributed by atoms with E-state index < -0.39 is 11.8 Å². The van der Waals surface area contributed by atoms with E-state index in [2.05, 4.69) is 25.7 Å². The van der Waals surface area contributed by atoms with E-state index in [-0.39, 0.29) is 25.3 Å². The van der Waals surface area contributed by atoms with Crippen molar-refractivity contribution in [3.05, 3.63) is 64.2 Å². The van der Waals surface area contributed by atoms with Crippen molar-refractivity contribution in [2.45, 2.75) is 40.5 Å². The van der Waals surface area contributed by atoms with Crippen molar-refractivity contribution in [2.24, 2.45) is 5.73 Å². The van der Waals surface area contributed by atoms with E-state index in [1.165, 1.54) is 0 Å². The normalized spacial score (nSPS) is 10.7. The highest BCUT2D eigenvalue weighted by molar-refractivity contribution is 6.04. The van der Waals surface area contributed by atoms with Crippen molar-refractivity contribution in [3.8, 4) is 5.95 Å². The molecule has 3 aromatic rings. The van der Waals surface area contributed by atoms with Crippen LogP contribution in [0.4, 0.5) is 5.69 Å². The van der Waals surface area contributed by atoms with Crippen LogP contribution in [-0.2, 0) is 16.0 Å². The second-order valence-corrected chi connectivity index (χ2v) is 7.75. The van der Waals surface area contributed by atoms with E-state index in [4.69, 9.17) is 5.73 Å². The lowest BCUT2D eigenvalue weighted by Crippen LogP contribution is -2.29. The van der Waals surface area contributed by atoms with Crippen LogP contribution in [0.3, 0.4) is 0 Å². The third-order valence-electron chi connectivity index (χ3n) is 5.04. The summed E-state index contributed by atoms with van der Waals surface area (Å²) in [6.07, 6.45) is 0.104. The number of nitrogens with zero attached hydrogens (tertiary/aromatic N) is 4. The van der Waals surface area contributed by atoms with Crippen LogP contribution in [0.25, 0.3) is 5.95 Å². The number of nitrogens with one attached hydrogen (secondary N) is 2. The molecule has 10 heteroatoms. The van der Waals surface area contributed by atoms with Gasteiger partial charge < -0.3 is 16.4 Å². The summed E-state index contributed by atoms with van der Waals surface area (Å²) >= 11 is 0. The molecule has 33 heavy (non-hydrogen) atoms. The number of nitrogens with two attached hydrogens (primary N) is 1. The minimum absolute atomic E-state index is 0.0347. The van der Waals surface area contributed by atoms with Gasteiger partial charge in [0.1, 0.15) is 0 Å². The molecular weight excluding hydrogens is 422 g/mol. The second kappa shape index (κ2) is 10.0. The lowest BCUT2D eigenvalue weighted by molar-refractivity contribution is -0.118. The van der Waals surface area contributed by atoms with Crippen molar-refractivity contribution in [3.63, 3.8) is 0 Å². The molecule has 0 saturated carbocycles. The summed E-state index contributed by atoms with van der Waals surface area (Å²) in [5.41, 5.74) is 9.66. The van der Waals surface area contributed by atoms with Crippen molar-refractivity contribution >= 4 is 23.4 Å². The Morgan fingerprint density at radius 2 is 1.70 bits per heavy atom. The van der Waals surface area contributed by atoms with Crippen molar-refractivity contribution in [1.82, 2.24) is 25.1 Å². The van der Waals surface area contributed by atoms with Crippen molar-refractivity contribution < 1.29 is 14.4 Å². The van der Waals surface area contributed by atoms with Gasteiger partial charge in [0.15, 0.2) is 0 Å². The number of hydrogen-bond acceptors (Lipinski definition) is 6. The van der Waals surface area contributed by atoms with Gasteiger partial charge in [0.25, 0.3) is 11.9 Å². The zero-order chi connectivity index (χ0) is 24.1. The Morgan fingerprint density at radius 3 is 2.36 bits per heavy atom. The molecule has 0 unspecified atom stereocenters. The largest absolute Gasteiger partial charge is 0.370 e. The zero-order valence-corrected chi connectivity index (χ0v) is 19.1. The van der Waals surface area contributed by atoms with Gasteiger partial charge in [-0.1, -0.05) is 12.1 Å². The number of rotatable bonds is 8. The molecule has 0 radical (unpaired) electrons. The Kier molecular flexibility index (Phi) is 7.17. The number of anilines is 1. The maximum Gasteiger partial charge on any atom is 0.253 e. The number of carbonyl (C=O) groups excluding carboxylic acids is 3. The fourth-order valence-corrected chi connectivity index (χ4v) is 3.47. The zero-order valence-electron chi connectivity index (χ0n) is 19.1. The first-order valence-corrected chi connectivity index (χ1v) is 10.5. The smallest absolute Gasteiger partial charge is 0.253 e. The molecule has 0 saturated heterocycles. The average Bonchev–Trinajstić information content (AvgIpc) is 3.01. The van der Waals surface area contributed by atoms with E-state index >= 15 is 0 Å². The highest BCUT2D eigenvalue weighted by Gasteiger charge is 2.19. The SMILES string of the molecule is Cc1cc(C)nc(-n2nc(C)c(CC(=O)Nc3ccccc3C(=O)NCCC(N)=O)c2C)n1. The molecule has 2 heterocycles. The predicted molar refractivity (Wildman–Crippen MR) is 123 cm³/mol. The van der Waals surface area contributed by atoms with Crippen LogP contribution in [0.1, 0.15) is 45.1 Å². The summed E-state index contributed by atoms with van der Waals surface area (Å²) < 4.78 is 1.64. The molecule has 0 bridgehead atoms. The molecule has 4 N–H and O–H groups in total. The monoisotopic (exact) mass is 449 g/mol. The quantitative estimate of drug-likeness (QED) is 0.477. The molecule has 0 fully saturated rings. The molecule has 10 nitrogen and oxygen atoms in total. The van der Waals surface area contributed by atoms with E-state index in [9.17, 15) is 14.4 Å². The number of benzene rings is 1. The Labute approximate surface area is 191 Å². The summed E-state index contributed by atoms with van der Waals surface area (Å²) in [6.45, 7) is 7.59. The summed E-state index contributed by atoms with van der Waals surface area (Å²) in [7, 11) is 0. The summed E-state index contributed by atoms with van der Waals surface area (Å²) in [5, 5.41) is 9.95. The van der Waals surface area contributed by atoms with Gasteiger partial charge in [-0.25, -0.2) is 14.6 Å². The van der Waals surface area contributed by atoms with Crippen LogP contribution >= 0.6 is 0 Å². The summed E-state index contributed by atoms with van der Waals surface area (Å²) in [6, 6.07) is 8.54. The van der Waals surface area contributed by atoms with Crippen LogP contribution < -0.4 is 16.4 Å². The Balaban J connectivity index is 1.76. The molecule has 0 aliphatic heterocycles. The van der Waals surface area contributed by atoms with Crippen molar-refractivity contribution in [1.29, 1.82) is 0 Å². The number of para-hydroxylation sites is 1. The van der Waals surface area contributed by atoms with Crippen LogP contribution in [-0.4, -0.2) is 44.0 Å². The predicted octanol–water partition coefficient (Wildman–Crippen LogP) is 1.68. The molecule has 3 rings (SSSR count). The van der Waals surface area contributed by atoms with Gasteiger partial charge in [-0.05, 0) is 45.9 Å². The maximum atomic E-state index is 12.8. The standard InChI is InChI=1S/C23H27N7O3/c1-13-11-14(2)27-23(26-13)30-16(4)18(15(3)29-30)12-21(32)28-19-8-6-5-7-17(19)22(33)25-10-9-20(24)31/h5-8,11H,9-10,12H2,1-4H3,(H2,24,31)(H,25,33)(H,28,32). The number of primary amides is 1. The molecule has 0 aliphatic rings. The molecular formula is C23H27N7O3. The molecule has 3 amide bonds. The van der Waals surface area contributed by atoms with E-state index in [1.807, 2.05) is 33.8 Å². The van der Waals surface area contributed by atoms with E-state index in [0.29, 0.717) is 22.9 Å². The highest BCUT2D eigenvalue weighted by Crippen LogP contribution is 2.19. The minimum Gasteiger partial charge on any atom is -0.370 e. The van der Waals surface area contributed by atoms with E-state index in [1.54, 1.807) is 28.9 Å².